The number of hydrogen-bond donors (Lipinski definition) is 1. The van der Waals surface area contributed by atoms with Gasteiger partial charge in [0, 0.05) is 16.9 Å². The van der Waals surface area contributed by atoms with Crippen LogP contribution in [0.2, 0.25) is 0 Å². The largest absolute Gasteiger partial charge is 0.389 e. The Hall–Kier alpha value is -0.520. The second kappa shape index (κ2) is 5.42. The van der Waals surface area contributed by atoms with Crippen LogP contribution in [-0.2, 0) is 9.84 Å². The van der Waals surface area contributed by atoms with E-state index in [2.05, 4.69) is 0 Å². The van der Waals surface area contributed by atoms with Crippen molar-refractivity contribution < 1.29 is 13.5 Å². The van der Waals surface area contributed by atoms with E-state index >= 15 is 0 Å². The lowest BCUT2D eigenvalue weighted by atomic mass is 10.1. The van der Waals surface area contributed by atoms with Crippen LogP contribution in [0, 0.1) is 0 Å². The standard InChI is InChI=1S/C12H18O3S2/c1-4-12(2,13)9-16-10-5-7-11(8-6-10)17(3,14)15/h5-8,13H,4,9H2,1-3H3. The van der Waals surface area contributed by atoms with Crippen LogP contribution in [0.5, 0.6) is 0 Å². The molecule has 0 heterocycles. The van der Waals surface area contributed by atoms with E-state index in [0.717, 1.165) is 4.90 Å². The van der Waals surface area contributed by atoms with Gasteiger partial charge in [-0.3, -0.25) is 0 Å². The van der Waals surface area contributed by atoms with E-state index in [4.69, 9.17) is 0 Å². The molecule has 1 unspecified atom stereocenters. The van der Waals surface area contributed by atoms with Crippen molar-refractivity contribution in [3.8, 4) is 0 Å². The molecule has 1 aromatic carbocycles. The number of aliphatic hydroxyl groups is 1. The minimum Gasteiger partial charge on any atom is -0.389 e. The van der Waals surface area contributed by atoms with Crippen molar-refractivity contribution in [3.05, 3.63) is 24.3 Å². The zero-order valence-electron chi connectivity index (χ0n) is 10.3. The molecule has 0 saturated heterocycles. The quantitative estimate of drug-likeness (QED) is 0.837. The summed E-state index contributed by atoms with van der Waals surface area (Å²) in [4.78, 5) is 1.29. The average Bonchev–Trinajstić information content (AvgIpc) is 2.26. The van der Waals surface area contributed by atoms with Crippen LogP contribution in [0.4, 0.5) is 0 Å². The van der Waals surface area contributed by atoms with Crippen molar-refractivity contribution in [3.63, 3.8) is 0 Å². The minimum atomic E-state index is -3.13. The van der Waals surface area contributed by atoms with E-state index in [1.165, 1.54) is 18.0 Å². The molecule has 0 amide bonds. The smallest absolute Gasteiger partial charge is 0.175 e. The third-order valence-electron chi connectivity index (χ3n) is 2.56. The van der Waals surface area contributed by atoms with Crippen LogP contribution in [0.15, 0.2) is 34.1 Å². The topological polar surface area (TPSA) is 54.4 Å². The second-order valence-electron chi connectivity index (χ2n) is 4.38. The summed E-state index contributed by atoms with van der Waals surface area (Å²) in [6, 6.07) is 6.73. The summed E-state index contributed by atoms with van der Waals surface area (Å²) in [6.07, 6.45) is 1.89. The first kappa shape index (κ1) is 14.5. The molecular weight excluding hydrogens is 256 g/mol. The number of thioether (sulfide) groups is 1. The fourth-order valence-corrected chi connectivity index (χ4v) is 2.76. The molecule has 1 rings (SSSR count). The monoisotopic (exact) mass is 274 g/mol. The molecule has 1 N–H and O–H groups in total. The van der Waals surface area contributed by atoms with Crippen molar-refractivity contribution in [1.29, 1.82) is 0 Å². The molecule has 0 aromatic heterocycles. The van der Waals surface area contributed by atoms with Crippen molar-refractivity contribution >= 4 is 21.6 Å². The fourth-order valence-electron chi connectivity index (χ4n) is 1.12. The summed E-state index contributed by atoms with van der Waals surface area (Å²) >= 11 is 1.53. The Morgan fingerprint density at radius 2 is 1.82 bits per heavy atom. The predicted molar refractivity (Wildman–Crippen MR) is 71.2 cm³/mol. The Bertz CT molecular complexity index is 461. The molecule has 3 nitrogen and oxygen atoms in total. The summed E-state index contributed by atoms with van der Waals surface area (Å²) in [7, 11) is -3.13. The van der Waals surface area contributed by atoms with Gasteiger partial charge < -0.3 is 5.11 Å². The normalized spacial score (nSPS) is 15.5. The first-order valence-corrected chi connectivity index (χ1v) is 8.27. The van der Waals surface area contributed by atoms with Gasteiger partial charge in [0.1, 0.15) is 0 Å². The minimum absolute atomic E-state index is 0.323. The molecular formula is C12H18O3S2. The van der Waals surface area contributed by atoms with Gasteiger partial charge in [0.15, 0.2) is 9.84 Å². The van der Waals surface area contributed by atoms with E-state index in [-0.39, 0.29) is 0 Å². The van der Waals surface area contributed by atoms with Gasteiger partial charge in [-0.1, -0.05) is 6.92 Å². The number of hydrogen-bond acceptors (Lipinski definition) is 4. The van der Waals surface area contributed by atoms with Crippen LogP contribution in [-0.4, -0.2) is 31.1 Å². The third kappa shape index (κ3) is 4.69. The molecule has 0 aliphatic carbocycles. The molecule has 96 valence electrons. The second-order valence-corrected chi connectivity index (χ2v) is 7.45. The molecule has 0 spiro atoms. The Kier molecular flexibility index (Phi) is 4.63. The van der Waals surface area contributed by atoms with Crippen LogP contribution in [0.3, 0.4) is 0 Å². The molecule has 5 heteroatoms. The summed E-state index contributed by atoms with van der Waals surface area (Å²) in [6.45, 7) is 3.73. The molecule has 0 radical (unpaired) electrons. The molecule has 0 aliphatic heterocycles. The highest BCUT2D eigenvalue weighted by Crippen LogP contribution is 2.25. The lowest BCUT2D eigenvalue weighted by Gasteiger charge is -2.20. The highest BCUT2D eigenvalue weighted by molar-refractivity contribution is 7.99. The maximum absolute atomic E-state index is 11.3. The lowest BCUT2D eigenvalue weighted by Crippen LogP contribution is -2.25. The maximum Gasteiger partial charge on any atom is 0.175 e. The van der Waals surface area contributed by atoms with Gasteiger partial charge >= 0.3 is 0 Å². The summed E-state index contributed by atoms with van der Waals surface area (Å²) < 4.78 is 22.5. The van der Waals surface area contributed by atoms with Gasteiger partial charge in [0.05, 0.1) is 10.5 Å². The Morgan fingerprint density at radius 1 is 1.29 bits per heavy atom. The first-order valence-electron chi connectivity index (χ1n) is 5.40. The zero-order chi connectivity index (χ0) is 13.1. The molecule has 0 saturated carbocycles. The summed E-state index contributed by atoms with van der Waals surface area (Å²) in [5.74, 6) is 0.599. The lowest BCUT2D eigenvalue weighted by molar-refractivity contribution is 0.0816. The molecule has 1 aromatic rings. The van der Waals surface area contributed by atoms with Crippen LogP contribution < -0.4 is 0 Å². The van der Waals surface area contributed by atoms with Crippen molar-refractivity contribution in [2.45, 2.75) is 35.7 Å². The highest BCUT2D eigenvalue weighted by Gasteiger charge is 2.17. The Morgan fingerprint density at radius 3 is 2.24 bits per heavy atom. The molecule has 0 fully saturated rings. The van der Waals surface area contributed by atoms with Gasteiger partial charge in [-0.25, -0.2) is 8.42 Å². The molecule has 17 heavy (non-hydrogen) atoms. The zero-order valence-corrected chi connectivity index (χ0v) is 11.9. The molecule has 1 atom stereocenters. The summed E-state index contributed by atoms with van der Waals surface area (Å²) in [5, 5.41) is 9.85. The van der Waals surface area contributed by atoms with Crippen molar-refractivity contribution in [2.24, 2.45) is 0 Å². The van der Waals surface area contributed by atoms with Gasteiger partial charge in [-0.15, -0.1) is 11.8 Å². The van der Waals surface area contributed by atoms with E-state index in [0.29, 0.717) is 17.1 Å². The third-order valence-corrected chi connectivity index (χ3v) is 5.06. The van der Waals surface area contributed by atoms with Crippen LogP contribution >= 0.6 is 11.8 Å². The van der Waals surface area contributed by atoms with Gasteiger partial charge in [-0.05, 0) is 37.6 Å². The first-order chi connectivity index (χ1) is 7.74. The number of benzene rings is 1. The predicted octanol–water partition coefficient (Wildman–Crippen LogP) is 2.34. The maximum atomic E-state index is 11.3. The molecule has 0 aliphatic rings. The van der Waals surface area contributed by atoms with E-state index in [9.17, 15) is 13.5 Å². The molecule has 0 bridgehead atoms. The Labute approximate surface area is 107 Å². The average molecular weight is 274 g/mol. The van der Waals surface area contributed by atoms with Crippen molar-refractivity contribution in [1.82, 2.24) is 0 Å². The van der Waals surface area contributed by atoms with Crippen LogP contribution in [0.1, 0.15) is 20.3 Å². The van der Waals surface area contributed by atoms with Gasteiger partial charge in [0.2, 0.25) is 0 Å². The van der Waals surface area contributed by atoms with Gasteiger partial charge in [0.25, 0.3) is 0 Å². The van der Waals surface area contributed by atoms with Crippen LogP contribution in [0.25, 0.3) is 0 Å². The SMILES string of the molecule is CCC(C)(O)CSc1ccc(S(C)(=O)=O)cc1. The van der Waals surface area contributed by atoms with E-state index < -0.39 is 15.4 Å². The van der Waals surface area contributed by atoms with Gasteiger partial charge in [-0.2, -0.15) is 0 Å². The summed E-state index contributed by atoms with van der Waals surface area (Å²) in [5.41, 5.74) is -0.680. The number of rotatable bonds is 5. The Balaban J connectivity index is 2.70. The van der Waals surface area contributed by atoms with E-state index in [1.807, 2.05) is 6.92 Å². The van der Waals surface area contributed by atoms with Crippen molar-refractivity contribution in [2.75, 3.05) is 12.0 Å². The fraction of sp³-hybridized carbons (Fsp3) is 0.500. The van der Waals surface area contributed by atoms with E-state index in [1.54, 1.807) is 31.2 Å². The number of sulfone groups is 1. The highest BCUT2D eigenvalue weighted by atomic mass is 32.2.